The van der Waals surface area contributed by atoms with E-state index >= 15 is 0 Å². The van der Waals surface area contributed by atoms with Crippen LogP contribution in [0.15, 0.2) is 46.9 Å². The Morgan fingerprint density at radius 2 is 2.00 bits per heavy atom. The van der Waals surface area contributed by atoms with Crippen LogP contribution in [0.5, 0.6) is 5.75 Å². The van der Waals surface area contributed by atoms with Gasteiger partial charge in [0, 0.05) is 4.47 Å². The summed E-state index contributed by atoms with van der Waals surface area (Å²) >= 11 is 3.17. The van der Waals surface area contributed by atoms with E-state index in [1.807, 2.05) is 19.9 Å². The second-order valence-corrected chi connectivity index (χ2v) is 6.19. The molecule has 5 heteroatoms. The lowest BCUT2D eigenvalue weighted by molar-refractivity contribution is 0.102. The van der Waals surface area contributed by atoms with Gasteiger partial charge in [-0.05, 0) is 36.2 Å². The molecule has 0 spiro atoms. The molecule has 0 unspecified atom stereocenters. The van der Waals surface area contributed by atoms with Gasteiger partial charge in [0.1, 0.15) is 11.6 Å². The fraction of sp³-hybridized carbons (Fsp3) is 0.235. The Bertz CT molecular complexity index is 673. The van der Waals surface area contributed by atoms with Crippen LogP contribution in [0, 0.1) is 11.7 Å². The molecule has 0 bridgehead atoms. The zero-order valence-corrected chi connectivity index (χ0v) is 14.0. The molecular formula is C17H17BrFNO2. The minimum atomic E-state index is -0.576. The third kappa shape index (κ3) is 4.31. The van der Waals surface area contributed by atoms with Gasteiger partial charge in [-0.15, -0.1) is 0 Å². The molecule has 0 saturated carbocycles. The van der Waals surface area contributed by atoms with Crippen LogP contribution in [0.3, 0.4) is 0 Å². The summed E-state index contributed by atoms with van der Waals surface area (Å²) < 4.78 is 20.1. The number of carbonyl (C=O) groups is 1. The van der Waals surface area contributed by atoms with Crippen molar-refractivity contribution in [3.05, 3.63) is 58.3 Å². The van der Waals surface area contributed by atoms with Gasteiger partial charge in [-0.25, -0.2) is 4.39 Å². The first-order valence-corrected chi connectivity index (χ1v) is 7.75. The van der Waals surface area contributed by atoms with Gasteiger partial charge in [0.25, 0.3) is 5.91 Å². The monoisotopic (exact) mass is 365 g/mol. The Morgan fingerprint density at radius 3 is 2.68 bits per heavy atom. The van der Waals surface area contributed by atoms with Gasteiger partial charge in [-0.2, -0.15) is 0 Å². The van der Waals surface area contributed by atoms with Crippen molar-refractivity contribution in [2.75, 3.05) is 11.9 Å². The van der Waals surface area contributed by atoms with Gasteiger partial charge in [0.15, 0.2) is 0 Å². The number of halogens is 2. The van der Waals surface area contributed by atoms with Gasteiger partial charge < -0.3 is 10.1 Å². The molecule has 0 aliphatic heterocycles. The molecule has 0 radical (unpaired) electrons. The molecule has 1 amide bonds. The Hall–Kier alpha value is -1.88. The fourth-order valence-corrected chi connectivity index (χ4v) is 2.15. The van der Waals surface area contributed by atoms with Crippen LogP contribution in [0.1, 0.15) is 24.2 Å². The van der Waals surface area contributed by atoms with E-state index in [9.17, 15) is 9.18 Å². The van der Waals surface area contributed by atoms with E-state index in [0.29, 0.717) is 28.4 Å². The number of amides is 1. The lowest BCUT2D eigenvalue weighted by Crippen LogP contribution is -2.15. The number of para-hydroxylation sites is 2. The summed E-state index contributed by atoms with van der Waals surface area (Å²) in [6.07, 6.45) is 0. The van der Waals surface area contributed by atoms with Crippen molar-refractivity contribution >= 4 is 27.5 Å². The number of ether oxygens (including phenoxy) is 1. The van der Waals surface area contributed by atoms with Gasteiger partial charge >= 0.3 is 0 Å². The third-order valence-electron chi connectivity index (χ3n) is 2.88. The van der Waals surface area contributed by atoms with Gasteiger partial charge in [0.05, 0.1) is 17.9 Å². The molecule has 2 aromatic rings. The highest BCUT2D eigenvalue weighted by Gasteiger charge is 2.14. The summed E-state index contributed by atoms with van der Waals surface area (Å²) in [5.41, 5.74) is 0.511. The number of nitrogens with one attached hydrogen (secondary N) is 1. The van der Waals surface area contributed by atoms with Crippen molar-refractivity contribution < 1.29 is 13.9 Å². The first kappa shape index (κ1) is 16.5. The topological polar surface area (TPSA) is 38.3 Å². The predicted molar refractivity (Wildman–Crippen MR) is 88.8 cm³/mol. The van der Waals surface area contributed by atoms with E-state index < -0.39 is 11.7 Å². The van der Waals surface area contributed by atoms with Crippen molar-refractivity contribution in [3.63, 3.8) is 0 Å². The zero-order chi connectivity index (χ0) is 16.1. The lowest BCUT2D eigenvalue weighted by atomic mass is 10.2. The smallest absolute Gasteiger partial charge is 0.258 e. The van der Waals surface area contributed by atoms with E-state index in [1.54, 1.807) is 24.3 Å². The summed E-state index contributed by atoms with van der Waals surface area (Å²) in [6.45, 7) is 4.62. The van der Waals surface area contributed by atoms with Crippen LogP contribution >= 0.6 is 15.9 Å². The Labute approximate surface area is 137 Å². The highest BCUT2D eigenvalue weighted by Crippen LogP contribution is 2.25. The highest BCUT2D eigenvalue weighted by molar-refractivity contribution is 9.10. The number of hydrogen-bond donors (Lipinski definition) is 1. The van der Waals surface area contributed by atoms with Crippen LogP contribution in [0.2, 0.25) is 0 Å². The van der Waals surface area contributed by atoms with E-state index in [0.717, 1.165) is 0 Å². The summed E-state index contributed by atoms with van der Waals surface area (Å²) in [7, 11) is 0. The number of hydrogen-bond acceptors (Lipinski definition) is 2. The first-order valence-electron chi connectivity index (χ1n) is 6.95. The predicted octanol–water partition coefficient (Wildman–Crippen LogP) is 4.88. The van der Waals surface area contributed by atoms with E-state index in [4.69, 9.17) is 4.74 Å². The molecule has 0 atom stereocenters. The van der Waals surface area contributed by atoms with Crippen molar-refractivity contribution in [2.45, 2.75) is 13.8 Å². The highest BCUT2D eigenvalue weighted by atomic mass is 79.9. The standard InChI is InChI=1S/C17H17BrFNO2/c1-11(2)10-22-16-6-4-3-5-15(16)20-17(21)13-8-7-12(18)9-14(13)19/h3-9,11H,10H2,1-2H3,(H,20,21). The summed E-state index contributed by atoms with van der Waals surface area (Å²) in [5.74, 6) is -0.146. The van der Waals surface area contributed by atoms with Crippen molar-refractivity contribution in [2.24, 2.45) is 5.92 Å². The molecule has 0 aliphatic carbocycles. The van der Waals surface area contributed by atoms with E-state index in [2.05, 4.69) is 21.2 Å². The molecule has 0 heterocycles. The quantitative estimate of drug-likeness (QED) is 0.820. The van der Waals surface area contributed by atoms with Gasteiger partial charge in [-0.3, -0.25) is 4.79 Å². The summed E-state index contributed by atoms with van der Waals surface area (Å²) in [6, 6.07) is 11.4. The normalized spacial score (nSPS) is 10.6. The fourth-order valence-electron chi connectivity index (χ4n) is 1.82. The van der Waals surface area contributed by atoms with E-state index in [1.165, 1.54) is 12.1 Å². The summed E-state index contributed by atoms with van der Waals surface area (Å²) in [5, 5.41) is 2.69. The minimum Gasteiger partial charge on any atom is -0.491 e. The Morgan fingerprint density at radius 1 is 1.27 bits per heavy atom. The SMILES string of the molecule is CC(C)COc1ccccc1NC(=O)c1ccc(Br)cc1F. The third-order valence-corrected chi connectivity index (χ3v) is 3.38. The van der Waals surface area contributed by atoms with Gasteiger partial charge in [0.2, 0.25) is 0 Å². The molecule has 0 fully saturated rings. The zero-order valence-electron chi connectivity index (χ0n) is 12.4. The molecular weight excluding hydrogens is 349 g/mol. The first-order chi connectivity index (χ1) is 10.5. The average Bonchev–Trinajstić information content (AvgIpc) is 2.46. The number of rotatable bonds is 5. The Balaban J connectivity index is 2.17. The molecule has 2 aromatic carbocycles. The molecule has 116 valence electrons. The Kier molecular flexibility index (Phi) is 5.55. The molecule has 0 aromatic heterocycles. The van der Waals surface area contributed by atoms with Crippen LogP contribution in [0.25, 0.3) is 0 Å². The number of carbonyl (C=O) groups excluding carboxylic acids is 1. The maximum absolute atomic E-state index is 13.8. The van der Waals surface area contributed by atoms with Crippen LogP contribution in [0.4, 0.5) is 10.1 Å². The number of benzene rings is 2. The van der Waals surface area contributed by atoms with Crippen molar-refractivity contribution in [1.82, 2.24) is 0 Å². The minimum absolute atomic E-state index is 0.0122. The second-order valence-electron chi connectivity index (χ2n) is 5.28. The van der Waals surface area contributed by atoms with E-state index in [-0.39, 0.29) is 5.56 Å². The molecule has 0 saturated heterocycles. The maximum atomic E-state index is 13.8. The van der Waals surface area contributed by atoms with Crippen LogP contribution < -0.4 is 10.1 Å². The van der Waals surface area contributed by atoms with Crippen molar-refractivity contribution in [3.8, 4) is 5.75 Å². The molecule has 3 nitrogen and oxygen atoms in total. The lowest BCUT2D eigenvalue weighted by Gasteiger charge is -2.14. The largest absolute Gasteiger partial charge is 0.491 e. The van der Waals surface area contributed by atoms with Crippen LogP contribution in [-0.2, 0) is 0 Å². The molecule has 0 aliphatic rings. The maximum Gasteiger partial charge on any atom is 0.258 e. The molecule has 1 N–H and O–H groups in total. The van der Waals surface area contributed by atoms with Crippen LogP contribution in [-0.4, -0.2) is 12.5 Å². The van der Waals surface area contributed by atoms with Gasteiger partial charge in [-0.1, -0.05) is 41.9 Å². The molecule has 2 rings (SSSR count). The average molecular weight is 366 g/mol. The van der Waals surface area contributed by atoms with Crippen molar-refractivity contribution in [1.29, 1.82) is 0 Å². The molecule has 22 heavy (non-hydrogen) atoms. The second kappa shape index (κ2) is 7.40. The number of anilines is 1. The summed E-state index contributed by atoms with van der Waals surface area (Å²) in [4.78, 5) is 12.2.